The van der Waals surface area contributed by atoms with Gasteiger partial charge in [-0.3, -0.25) is 14.9 Å². The lowest BCUT2D eigenvalue weighted by molar-refractivity contribution is -0.385. The number of sulfonamides is 1. The van der Waals surface area contributed by atoms with Gasteiger partial charge in [0.05, 0.1) is 9.82 Å². The lowest BCUT2D eigenvalue weighted by Gasteiger charge is -2.20. The number of benzene rings is 2. The van der Waals surface area contributed by atoms with Gasteiger partial charge in [-0.2, -0.15) is 4.31 Å². The minimum Gasteiger partial charge on any atom is -0.322 e. The molecule has 0 saturated carbocycles. The first-order valence-electron chi connectivity index (χ1n) is 9.14. The monoisotopic (exact) mass is 437 g/mol. The van der Waals surface area contributed by atoms with Crippen LogP contribution in [-0.4, -0.2) is 36.6 Å². The van der Waals surface area contributed by atoms with Gasteiger partial charge in [0, 0.05) is 29.9 Å². The Morgan fingerprint density at radius 1 is 1.07 bits per heavy atom. The molecule has 0 radical (unpaired) electrons. The van der Waals surface area contributed by atoms with Crippen LogP contribution >= 0.6 is 11.6 Å². The van der Waals surface area contributed by atoms with Crippen molar-refractivity contribution >= 4 is 38.9 Å². The first-order valence-corrected chi connectivity index (χ1v) is 11.0. The Bertz CT molecular complexity index is 1030. The molecule has 2 aromatic carbocycles. The smallest absolute Gasteiger partial charge is 0.283 e. The Hall–Kier alpha value is -2.49. The van der Waals surface area contributed by atoms with Gasteiger partial charge in [-0.05, 0) is 43.2 Å². The van der Waals surface area contributed by atoms with Crippen LogP contribution in [0, 0.1) is 10.1 Å². The number of hydrogen-bond donors (Lipinski definition) is 1. The summed E-state index contributed by atoms with van der Waals surface area (Å²) in [5, 5.41) is 13.9. The van der Waals surface area contributed by atoms with Crippen LogP contribution in [0.1, 0.15) is 36.0 Å². The SMILES string of the molecule is O=C(Nc1cccc(S(=O)(=O)N2CCCCCC2)c1)c1ccc(Cl)cc1[N+](=O)[O-]. The molecule has 0 spiro atoms. The quantitative estimate of drug-likeness (QED) is 0.560. The van der Waals surface area contributed by atoms with Gasteiger partial charge in [0.15, 0.2) is 0 Å². The zero-order chi connectivity index (χ0) is 21.0. The van der Waals surface area contributed by atoms with Gasteiger partial charge in [0.2, 0.25) is 10.0 Å². The fraction of sp³-hybridized carbons (Fsp3) is 0.316. The number of rotatable bonds is 5. The first kappa shape index (κ1) is 21.2. The molecule has 29 heavy (non-hydrogen) atoms. The summed E-state index contributed by atoms with van der Waals surface area (Å²) in [6, 6.07) is 9.62. The predicted octanol–water partition coefficient (Wildman–Crippen LogP) is 4.07. The van der Waals surface area contributed by atoms with E-state index in [4.69, 9.17) is 11.6 Å². The van der Waals surface area contributed by atoms with Crippen molar-refractivity contribution in [3.63, 3.8) is 0 Å². The van der Waals surface area contributed by atoms with Gasteiger partial charge in [-0.1, -0.05) is 30.5 Å². The molecule has 1 heterocycles. The Kier molecular flexibility index (Phi) is 6.51. The average molecular weight is 438 g/mol. The predicted molar refractivity (Wildman–Crippen MR) is 110 cm³/mol. The number of carbonyl (C=O) groups excluding carboxylic acids is 1. The third-order valence-corrected chi connectivity index (χ3v) is 6.83. The molecule has 3 rings (SSSR count). The molecular formula is C19H20ClN3O5S. The van der Waals surface area contributed by atoms with E-state index in [2.05, 4.69) is 5.32 Å². The first-order chi connectivity index (χ1) is 13.8. The molecule has 0 unspecified atom stereocenters. The minimum absolute atomic E-state index is 0.0720. The molecule has 8 nitrogen and oxygen atoms in total. The molecule has 154 valence electrons. The Morgan fingerprint density at radius 2 is 1.76 bits per heavy atom. The summed E-state index contributed by atoms with van der Waals surface area (Å²) >= 11 is 5.77. The Labute approximate surface area is 173 Å². The highest BCUT2D eigenvalue weighted by Crippen LogP contribution is 2.26. The van der Waals surface area contributed by atoms with Crippen LogP contribution in [0.5, 0.6) is 0 Å². The highest BCUT2D eigenvalue weighted by Gasteiger charge is 2.26. The zero-order valence-corrected chi connectivity index (χ0v) is 17.1. The minimum atomic E-state index is -3.68. The second-order valence-electron chi connectivity index (χ2n) is 6.72. The molecule has 0 atom stereocenters. The Morgan fingerprint density at radius 3 is 2.41 bits per heavy atom. The van der Waals surface area contributed by atoms with Gasteiger partial charge in [-0.15, -0.1) is 0 Å². The lowest BCUT2D eigenvalue weighted by atomic mass is 10.1. The fourth-order valence-corrected chi connectivity index (χ4v) is 4.94. The summed E-state index contributed by atoms with van der Waals surface area (Å²) in [5.41, 5.74) is -0.362. The number of hydrogen-bond acceptors (Lipinski definition) is 5. The Balaban J connectivity index is 1.85. The average Bonchev–Trinajstić information content (AvgIpc) is 2.98. The van der Waals surface area contributed by atoms with E-state index in [1.165, 1.54) is 40.7 Å². The number of halogens is 1. The maximum Gasteiger partial charge on any atom is 0.283 e. The summed E-state index contributed by atoms with van der Waals surface area (Å²) < 4.78 is 27.3. The number of anilines is 1. The molecule has 1 saturated heterocycles. The second kappa shape index (κ2) is 8.89. The third-order valence-electron chi connectivity index (χ3n) is 4.70. The van der Waals surface area contributed by atoms with Crippen LogP contribution in [0.15, 0.2) is 47.4 Å². The molecule has 0 bridgehead atoms. The number of carbonyl (C=O) groups is 1. The van der Waals surface area contributed by atoms with E-state index in [9.17, 15) is 23.3 Å². The summed E-state index contributed by atoms with van der Waals surface area (Å²) in [5.74, 6) is -0.724. The molecule has 1 fully saturated rings. The van der Waals surface area contributed by atoms with E-state index in [1.54, 1.807) is 0 Å². The number of nitro benzene ring substituents is 1. The van der Waals surface area contributed by atoms with Crippen molar-refractivity contribution in [3.05, 3.63) is 63.2 Å². The van der Waals surface area contributed by atoms with Crippen molar-refractivity contribution in [2.75, 3.05) is 18.4 Å². The van der Waals surface area contributed by atoms with Gasteiger partial charge >= 0.3 is 0 Å². The molecule has 2 aromatic rings. The van der Waals surface area contributed by atoms with Crippen LogP contribution in [-0.2, 0) is 10.0 Å². The molecule has 1 amide bonds. The normalized spacial score (nSPS) is 15.5. The molecule has 10 heteroatoms. The maximum atomic E-state index is 12.9. The van der Waals surface area contributed by atoms with Gasteiger partial charge in [-0.25, -0.2) is 8.42 Å². The van der Waals surface area contributed by atoms with E-state index in [1.807, 2.05) is 0 Å². The van der Waals surface area contributed by atoms with Crippen LogP contribution in [0.25, 0.3) is 0 Å². The molecule has 1 N–H and O–H groups in total. The summed E-state index contributed by atoms with van der Waals surface area (Å²) in [6.45, 7) is 0.936. The summed E-state index contributed by atoms with van der Waals surface area (Å²) in [6.07, 6.45) is 3.63. The van der Waals surface area contributed by atoms with E-state index in [0.29, 0.717) is 13.1 Å². The highest BCUT2D eigenvalue weighted by atomic mass is 35.5. The van der Waals surface area contributed by atoms with Crippen LogP contribution < -0.4 is 5.32 Å². The van der Waals surface area contributed by atoms with Gasteiger partial charge in [0.1, 0.15) is 5.56 Å². The van der Waals surface area contributed by atoms with Gasteiger partial charge < -0.3 is 5.32 Å². The maximum absolute atomic E-state index is 12.9. The van der Waals surface area contributed by atoms with E-state index >= 15 is 0 Å². The van der Waals surface area contributed by atoms with E-state index in [-0.39, 0.29) is 21.2 Å². The zero-order valence-electron chi connectivity index (χ0n) is 15.5. The number of amides is 1. The summed E-state index contributed by atoms with van der Waals surface area (Å²) in [7, 11) is -3.68. The largest absolute Gasteiger partial charge is 0.322 e. The second-order valence-corrected chi connectivity index (χ2v) is 9.09. The van der Waals surface area contributed by atoms with Crippen LogP contribution in [0.3, 0.4) is 0 Å². The number of nitrogens with zero attached hydrogens (tertiary/aromatic N) is 2. The van der Waals surface area contributed by atoms with E-state index in [0.717, 1.165) is 31.7 Å². The van der Waals surface area contributed by atoms with Crippen molar-refractivity contribution in [1.29, 1.82) is 0 Å². The van der Waals surface area contributed by atoms with Crippen LogP contribution in [0.2, 0.25) is 5.02 Å². The third kappa shape index (κ3) is 4.92. The van der Waals surface area contributed by atoms with Crippen molar-refractivity contribution in [2.45, 2.75) is 30.6 Å². The molecule has 1 aliphatic rings. The van der Waals surface area contributed by atoms with E-state index < -0.39 is 26.5 Å². The molecule has 0 aromatic heterocycles. The summed E-state index contributed by atoms with van der Waals surface area (Å²) in [4.78, 5) is 23.1. The number of nitro groups is 1. The number of nitrogens with one attached hydrogen (secondary N) is 1. The highest BCUT2D eigenvalue weighted by molar-refractivity contribution is 7.89. The molecular weight excluding hydrogens is 418 g/mol. The van der Waals surface area contributed by atoms with Crippen molar-refractivity contribution in [2.24, 2.45) is 0 Å². The lowest BCUT2D eigenvalue weighted by Crippen LogP contribution is -2.32. The molecule has 1 aliphatic heterocycles. The van der Waals surface area contributed by atoms with Gasteiger partial charge in [0.25, 0.3) is 11.6 Å². The van der Waals surface area contributed by atoms with Crippen molar-refractivity contribution in [1.82, 2.24) is 4.31 Å². The van der Waals surface area contributed by atoms with Crippen molar-refractivity contribution < 1.29 is 18.1 Å². The van der Waals surface area contributed by atoms with Crippen molar-refractivity contribution in [3.8, 4) is 0 Å². The standard InChI is InChI=1S/C19H20ClN3O5S/c20-14-8-9-17(18(12-14)23(25)26)19(24)21-15-6-5-7-16(13-15)29(27,28)22-10-3-1-2-4-11-22/h5-9,12-13H,1-4,10-11H2,(H,21,24). The molecule has 0 aliphatic carbocycles. The topological polar surface area (TPSA) is 110 Å². The van der Waals surface area contributed by atoms with Crippen LogP contribution in [0.4, 0.5) is 11.4 Å². The fourth-order valence-electron chi connectivity index (χ4n) is 3.21.